The number of hydrogen-bond donors (Lipinski definition) is 0. The second-order valence-corrected chi connectivity index (χ2v) is 7.32. The summed E-state index contributed by atoms with van der Waals surface area (Å²) in [5.41, 5.74) is 0.796. The van der Waals surface area contributed by atoms with Crippen molar-refractivity contribution in [1.82, 2.24) is 4.90 Å². The highest BCUT2D eigenvalue weighted by molar-refractivity contribution is 7.99. The van der Waals surface area contributed by atoms with Crippen molar-refractivity contribution in [2.24, 2.45) is 0 Å². The first-order chi connectivity index (χ1) is 12.1. The molecule has 0 aliphatic carbocycles. The predicted octanol–water partition coefficient (Wildman–Crippen LogP) is 4.33. The van der Waals surface area contributed by atoms with E-state index in [2.05, 4.69) is 0 Å². The molecule has 25 heavy (non-hydrogen) atoms. The lowest BCUT2D eigenvalue weighted by atomic mass is 10.1. The Labute approximate surface area is 153 Å². The highest BCUT2D eigenvalue weighted by Gasteiger charge is 2.33. The van der Waals surface area contributed by atoms with E-state index in [4.69, 9.17) is 16.0 Å². The van der Waals surface area contributed by atoms with E-state index in [1.54, 1.807) is 34.9 Å². The van der Waals surface area contributed by atoms with Crippen LogP contribution in [0, 0.1) is 0 Å². The molecule has 0 bridgehead atoms. The van der Waals surface area contributed by atoms with Crippen LogP contribution in [-0.4, -0.2) is 23.1 Å². The van der Waals surface area contributed by atoms with Crippen molar-refractivity contribution < 1.29 is 9.21 Å². The van der Waals surface area contributed by atoms with Gasteiger partial charge in [-0.05, 0) is 18.2 Å². The molecule has 2 aromatic carbocycles. The summed E-state index contributed by atoms with van der Waals surface area (Å²) < 4.78 is 5.30. The molecule has 2 heterocycles. The summed E-state index contributed by atoms with van der Waals surface area (Å²) in [7, 11) is 0. The Bertz CT molecular complexity index is 1020. The molecule has 1 aromatic heterocycles. The molecule has 126 valence electrons. The lowest BCUT2D eigenvalue weighted by Gasteiger charge is -2.24. The van der Waals surface area contributed by atoms with Crippen LogP contribution in [0.25, 0.3) is 11.0 Å². The van der Waals surface area contributed by atoms with E-state index in [0.717, 1.165) is 16.7 Å². The van der Waals surface area contributed by atoms with Crippen LogP contribution in [0.15, 0.2) is 63.8 Å². The minimum absolute atomic E-state index is 0.0539. The van der Waals surface area contributed by atoms with Gasteiger partial charge in [-0.3, -0.25) is 4.79 Å². The zero-order valence-electron chi connectivity index (χ0n) is 13.1. The molecule has 1 aliphatic rings. The summed E-state index contributed by atoms with van der Waals surface area (Å²) in [5, 5.41) is 1.14. The van der Waals surface area contributed by atoms with Gasteiger partial charge in [-0.1, -0.05) is 48.0 Å². The third-order valence-corrected chi connectivity index (χ3v) is 5.78. The van der Waals surface area contributed by atoms with Crippen molar-refractivity contribution in [2.45, 2.75) is 5.37 Å². The molecule has 1 saturated heterocycles. The molecule has 1 unspecified atom stereocenters. The minimum atomic E-state index is -0.612. The van der Waals surface area contributed by atoms with E-state index in [0.29, 0.717) is 17.2 Å². The summed E-state index contributed by atoms with van der Waals surface area (Å²) in [6.07, 6.45) is 0. The van der Waals surface area contributed by atoms with Gasteiger partial charge >= 0.3 is 5.63 Å². The zero-order valence-corrected chi connectivity index (χ0v) is 14.7. The second kappa shape index (κ2) is 6.58. The number of nitrogens with zero attached hydrogens (tertiary/aromatic N) is 1. The third kappa shape index (κ3) is 2.94. The molecule has 1 amide bonds. The van der Waals surface area contributed by atoms with Crippen molar-refractivity contribution in [1.29, 1.82) is 0 Å². The Morgan fingerprint density at radius 1 is 1.16 bits per heavy atom. The Hall–Kier alpha value is -2.24. The molecule has 0 radical (unpaired) electrons. The monoisotopic (exact) mass is 371 g/mol. The van der Waals surface area contributed by atoms with Crippen molar-refractivity contribution in [3.63, 3.8) is 0 Å². The number of benzene rings is 2. The summed E-state index contributed by atoms with van der Waals surface area (Å²) >= 11 is 7.94. The molecule has 1 atom stereocenters. The molecule has 3 aromatic rings. The quantitative estimate of drug-likeness (QED) is 0.629. The average molecular weight is 372 g/mol. The Kier molecular flexibility index (Phi) is 4.27. The lowest BCUT2D eigenvalue weighted by molar-refractivity contribution is 0.0756. The van der Waals surface area contributed by atoms with Gasteiger partial charge in [0.1, 0.15) is 16.5 Å². The van der Waals surface area contributed by atoms with Crippen LogP contribution >= 0.6 is 23.4 Å². The summed E-state index contributed by atoms with van der Waals surface area (Å²) in [4.78, 5) is 27.0. The van der Waals surface area contributed by atoms with E-state index >= 15 is 0 Å². The first-order valence-electron chi connectivity index (χ1n) is 7.85. The van der Waals surface area contributed by atoms with Gasteiger partial charge < -0.3 is 9.32 Å². The average Bonchev–Trinajstić information content (AvgIpc) is 3.10. The van der Waals surface area contributed by atoms with Crippen molar-refractivity contribution in [2.75, 3.05) is 12.3 Å². The van der Waals surface area contributed by atoms with E-state index < -0.39 is 5.63 Å². The molecule has 0 N–H and O–H groups in total. The first kappa shape index (κ1) is 16.2. The number of amides is 1. The Morgan fingerprint density at radius 3 is 2.76 bits per heavy atom. The van der Waals surface area contributed by atoms with Gasteiger partial charge in [0, 0.05) is 28.3 Å². The van der Waals surface area contributed by atoms with Crippen LogP contribution < -0.4 is 5.63 Å². The molecule has 0 saturated carbocycles. The fourth-order valence-corrected chi connectivity index (χ4v) is 4.57. The number of halogens is 1. The van der Waals surface area contributed by atoms with Crippen molar-refractivity contribution in [3.8, 4) is 0 Å². The van der Waals surface area contributed by atoms with Gasteiger partial charge in [0.25, 0.3) is 5.91 Å². The number of carbonyl (C=O) groups is 1. The number of fused-ring (bicyclic) bond motifs is 1. The fourth-order valence-electron chi connectivity index (χ4n) is 2.98. The van der Waals surface area contributed by atoms with E-state index in [9.17, 15) is 9.59 Å². The molecule has 1 fully saturated rings. The number of carbonyl (C=O) groups excluding carboxylic acids is 1. The molecule has 4 nitrogen and oxygen atoms in total. The summed E-state index contributed by atoms with van der Waals surface area (Å²) in [6, 6.07) is 16.2. The Morgan fingerprint density at radius 2 is 1.92 bits per heavy atom. The topological polar surface area (TPSA) is 50.5 Å². The predicted molar refractivity (Wildman–Crippen MR) is 100 cm³/mol. The molecular weight excluding hydrogens is 358 g/mol. The maximum Gasteiger partial charge on any atom is 0.349 e. The maximum atomic E-state index is 13.0. The van der Waals surface area contributed by atoms with Crippen molar-refractivity contribution >= 4 is 40.2 Å². The number of rotatable bonds is 2. The molecule has 0 spiro atoms. The standard InChI is InChI=1S/C19H14ClNO3S/c20-15-7-3-2-6-13(15)18-21(9-10-25-18)17(22)14-11-12-5-1-4-8-16(12)24-19(14)23/h1-8,11,18H,9-10H2. The maximum absolute atomic E-state index is 13.0. The van der Waals surface area contributed by atoms with Gasteiger partial charge in [-0.2, -0.15) is 0 Å². The highest BCUT2D eigenvalue weighted by atomic mass is 35.5. The van der Waals surface area contributed by atoms with Crippen LogP contribution in [0.1, 0.15) is 21.3 Å². The molecule has 1 aliphatic heterocycles. The normalized spacial score (nSPS) is 17.2. The third-order valence-electron chi connectivity index (χ3n) is 4.19. The smallest absolute Gasteiger partial charge is 0.349 e. The second-order valence-electron chi connectivity index (χ2n) is 5.73. The van der Waals surface area contributed by atoms with E-state index in [-0.39, 0.29) is 16.8 Å². The SMILES string of the molecule is O=C(c1cc2ccccc2oc1=O)N1CCSC1c1ccccc1Cl. The highest BCUT2D eigenvalue weighted by Crippen LogP contribution is 2.41. The van der Waals surface area contributed by atoms with Crippen molar-refractivity contribution in [3.05, 3.63) is 81.2 Å². The van der Waals surface area contributed by atoms with Crippen LogP contribution in [0.3, 0.4) is 0 Å². The molecule has 4 rings (SSSR count). The molecular formula is C19H14ClNO3S. The number of hydrogen-bond acceptors (Lipinski definition) is 4. The van der Waals surface area contributed by atoms with Crippen LogP contribution in [-0.2, 0) is 0 Å². The van der Waals surface area contributed by atoms with Gasteiger partial charge in [-0.25, -0.2) is 4.79 Å². The number of para-hydroxylation sites is 1. The van der Waals surface area contributed by atoms with Gasteiger partial charge in [0.05, 0.1) is 0 Å². The number of thioether (sulfide) groups is 1. The van der Waals surface area contributed by atoms with Crippen LogP contribution in [0.2, 0.25) is 5.02 Å². The summed E-state index contributed by atoms with van der Waals surface area (Å²) in [5.74, 6) is 0.468. The van der Waals surface area contributed by atoms with E-state index in [1.165, 1.54) is 0 Å². The zero-order chi connectivity index (χ0) is 17.4. The van der Waals surface area contributed by atoms with Crippen LogP contribution in [0.4, 0.5) is 0 Å². The first-order valence-corrected chi connectivity index (χ1v) is 9.28. The molecule has 6 heteroatoms. The lowest BCUT2D eigenvalue weighted by Crippen LogP contribution is -2.33. The van der Waals surface area contributed by atoms with Gasteiger partial charge in [-0.15, -0.1) is 11.8 Å². The Balaban J connectivity index is 1.74. The van der Waals surface area contributed by atoms with E-state index in [1.807, 2.05) is 36.4 Å². The van der Waals surface area contributed by atoms with Gasteiger partial charge in [0.15, 0.2) is 0 Å². The van der Waals surface area contributed by atoms with Gasteiger partial charge in [0.2, 0.25) is 0 Å². The summed E-state index contributed by atoms with van der Waals surface area (Å²) in [6.45, 7) is 0.561. The van der Waals surface area contributed by atoms with Crippen LogP contribution in [0.5, 0.6) is 0 Å². The fraction of sp³-hybridized carbons (Fsp3) is 0.158. The minimum Gasteiger partial charge on any atom is -0.422 e. The largest absolute Gasteiger partial charge is 0.422 e.